The Morgan fingerprint density at radius 3 is 2.55 bits per heavy atom. The lowest BCUT2D eigenvalue weighted by Gasteiger charge is -1.95. The standard InChI is InChI=1S/C7H17N3S/c1-2-3-4-5-6-11-10-7(8)9/h2-6H2,1H3,(H4,8,9,10). The number of rotatable bonds is 6. The van der Waals surface area contributed by atoms with Crippen LogP contribution in [0.4, 0.5) is 0 Å². The molecule has 0 radical (unpaired) electrons. The van der Waals surface area contributed by atoms with Crippen LogP contribution in [0.15, 0.2) is 4.40 Å². The molecule has 0 fully saturated rings. The highest BCUT2D eigenvalue weighted by Gasteiger charge is 1.87. The van der Waals surface area contributed by atoms with Crippen molar-refractivity contribution in [2.45, 2.75) is 32.6 Å². The van der Waals surface area contributed by atoms with Gasteiger partial charge in [-0.1, -0.05) is 26.2 Å². The average Bonchev–Trinajstić information content (AvgIpc) is 1.96. The summed E-state index contributed by atoms with van der Waals surface area (Å²) in [5.41, 5.74) is 10.3. The molecule has 66 valence electrons. The number of hydrogen-bond donors (Lipinski definition) is 2. The molecule has 0 unspecified atom stereocenters. The Kier molecular flexibility index (Phi) is 7.46. The normalized spacial score (nSPS) is 9.55. The van der Waals surface area contributed by atoms with Crippen LogP contribution >= 0.6 is 11.9 Å². The van der Waals surface area contributed by atoms with Gasteiger partial charge < -0.3 is 11.5 Å². The SMILES string of the molecule is CCCCCCSN=C(N)N. The van der Waals surface area contributed by atoms with Gasteiger partial charge in [0.05, 0.1) is 0 Å². The zero-order valence-electron chi connectivity index (χ0n) is 7.05. The van der Waals surface area contributed by atoms with E-state index < -0.39 is 0 Å². The third kappa shape index (κ3) is 9.62. The van der Waals surface area contributed by atoms with Crippen LogP contribution in [-0.2, 0) is 0 Å². The van der Waals surface area contributed by atoms with Crippen molar-refractivity contribution in [1.82, 2.24) is 0 Å². The van der Waals surface area contributed by atoms with E-state index in [1.807, 2.05) is 0 Å². The Hall–Kier alpha value is -0.380. The number of nitrogens with zero attached hydrogens (tertiary/aromatic N) is 1. The Morgan fingerprint density at radius 2 is 2.00 bits per heavy atom. The van der Waals surface area contributed by atoms with E-state index in [0.29, 0.717) is 0 Å². The van der Waals surface area contributed by atoms with Gasteiger partial charge in [-0.15, -0.1) is 0 Å². The minimum absolute atomic E-state index is 0.172. The minimum atomic E-state index is 0.172. The van der Waals surface area contributed by atoms with Crippen LogP contribution in [-0.4, -0.2) is 11.7 Å². The largest absolute Gasteiger partial charge is 0.369 e. The van der Waals surface area contributed by atoms with Gasteiger partial charge in [-0.25, -0.2) is 0 Å². The molecule has 0 bridgehead atoms. The van der Waals surface area contributed by atoms with E-state index in [2.05, 4.69) is 11.3 Å². The molecule has 0 aliphatic carbocycles. The third-order valence-electron chi connectivity index (χ3n) is 1.26. The van der Waals surface area contributed by atoms with Crippen LogP contribution in [0.2, 0.25) is 0 Å². The van der Waals surface area contributed by atoms with Gasteiger partial charge in [0, 0.05) is 5.75 Å². The van der Waals surface area contributed by atoms with Crippen molar-refractivity contribution in [2.75, 3.05) is 5.75 Å². The van der Waals surface area contributed by atoms with Crippen LogP contribution in [0.1, 0.15) is 32.6 Å². The Labute approximate surface area is 72.8 Å². The fraction of sp³-hybridized carbons (Fsp3) is 0.857. The lowest BCUT2D eigenvalue weighted by Crippen LogP contribution is -2.21. The molecule has 0 rings (SSSR count). The molecular weight excluding hydrogens is 158 g/mol. The highest BCUT2D eigenvalue weighted by atomic mass is 32.2. The predicted octanol–water partition coefficient (Wildman–Crippen LogP) is 1.49. The van der Waals surface area contributed by atoms with Crippen molar-refractivity contribution in [2.24, 2.45) is 15.9 Å². The van der Waals surface area contributed by atoms with Gasteiger partial charge in [-0.3, -0.25) is 0 Å². The quantitative estimate of drug-likeness (QED) is 0.278. The lowest BCUT2D eigenvalue weighted by molar-refractivity contribution is 0.706. The number of unbranched alkanes of at least 4 members (excludes halogenated alkanes) is 3. The summed E-state index contributed by atoms with van der Waals surface area (Å²) >= 11 is 1.45. The second kappa shape index (κ2) is 7.72. The number of hydrogen-bond acceptors (Lipinski definition) is 2. The van der Waals surface area contributed by atoms with Crippen molar-refractivity contribution < 1.29 is 0 Å². The summed E-state index contributed by atoms with van der Waals surface area (Å²) in [5, 5.41) is 0. The Balaban J connectivity index is 2.97. The summed E-state index contributed by atoms with van der Waals surface area (Å²) in [5.74, 6) is 1.20. The molecule has 3 nitrogen and oxygen atoms in total. The second-order valence-corrected chi connectivity index (χ2v) is 3.26. The van der Waals surface area contributed by atoms with E-state index >= 15 is 0 Å². The van der Waals surface area contributed by atoms with E-state index in [-0.39, 0.29) is 5.96 Å². The molecule has 0 saturated carbocycles. The molecule has 0 spiro atoms. The minimum Gasteiger partial charge on any atom is -0.369 e. The first-order valence-electron chi connectivity index (χ1n) is 3.98. The maximum atomic E-state index is 5.14. The molecule has 4 N–H and O–H groups in total. The summed E-state index contributed by atoms with van der Waals surface area (Å²) in [7, 11) is 0. The van der Waals surface area contributed by atoms with Gasteiger partial charge in [0.15, 0.2) is 5.96 Å². The van der Waals surface area contributed by atoms with E-state index in [0.717, 1.165) is 5.75 Å². The fourth-order valence-electron chi connectivity index (χ4n) is 0.714. The molecule has 4 heteroatoms. The molecular formula is C7H17N3S. The van der Waals surface area contributed by atoms with Crippen LogP contribution in [0.3, 0.4) is 0 Å². The highest BCUT2D eigenvalue weighted by Crippen LogP contribution is 2.07. The Bertz CT molecular complexity index is 110. The maximum absolute atomic E-state index is 5.14. The molecule has 0 aliphatic rings. The van der Waals surface area contributed by atoms with E-state index in [1.54, 1.807) is 0 Å². The van der Waals surface area contributed by atoms with E-state index in [1.165, 1.54) is 37.6 Å². The van der Waals surface area contributed by atoms with Crippen LogP contribution in [0.25, 0.3) is 0 Å². The molecule has 11 heavy (non-hydrogen) atoms. The lowest BCUT2D eigenvalue weighted by atomic mass is 10.2. The van der Waals surface area contributed by atoms with E-state index in [4.69, 9.17) is 11.5 Å². The molecule has 0 aromatic carbocycles. The van der Waals surface area contributed by atoms with Gasteiger partial charge in [-0.05, 0) is 18.4 Å². The molecule has 0 amide bonds. The zero-order valence-corrected chi connectivity index (χ0v) is 7.86. The molecule has 0 atom stereocenters. The fourth-order valence-corrected chi connectivity index (χ4v) is 1.29. The van der Waals surface area contributed by atoms with Crippen molar-refractivity contribution in [3.63, 3.8) is 0 Å². The van der Waals surface area contributed by atoms with Gasteiger partial charge in [0.2, 0.25) is 0 Å². The monoisotopic (exact) mass is 175 g/mol. The molecule has 0 aromatic heterocycles. The first-order chi connectivity index (χ1) is 5.27. The first-order valence-corrected chi connectivity index (χ1v) is 4.92. The molecule has 0 saturated heterocycles. The summed E-state index contributed by atoms with van der Waals surface area (Å²) in [6, 6.07) is 0. The number of nitrogens with two attached hydrogens (primary N) is 2. The molecule has 0 heterocycles. The van der Waals surface area contributed by atoms with Crippen molar-refractivity contribution in [3.8, 4) is 0 Å². The van der Waals surface area contributed by atoms with Crippen LogP contribution in [0.5, 0.6) is 0 Å². The molecule has 0 aromatic rings. The maximum Gasteiger partial charge on any atom is 0.197 e. The summed E-state index contributed by atoms with van der Waals surface area (Å²) in [6.45, 7) is 2.20. The predicted molar refractivity (Wildman–Crippen MR) is 52.4 cm³/mol. The first kappa shape index (κ1) is 10.6. The van der Waals surface area contributed by atoms with Gasteiger partial charge in [0.25, 0.3) is 0 Å². The van der Waals surface area contributed by atoms with Gasteiger partial charge in [0.1, 0.15) is 0 Å². The Morgan fingerprint density at radius 1 is 1.27 bits per heavy atom. The second-order valence-electron chi connectivity index (χ2n) is 2.41. The van der Waals surface area contributed by atoms with Gasteiger partial charge in [-0.2, -0.15) is 4.40 Å². The third-order valence-corrected chi connectivity index (χ3v) is 2.07. The van der Waals surface area contributed by atoms with Crippen molar-refractivity contribution >= 4 is 17.9 Å². The summed E-state index contributed by atoms with van der Waals surface area (Å²) in [4.78, 5) is 0. The smallest absolute Gasteiger partial charge is 0.197 e. The topological polar surface area (TPSA) is 64.4 Å². The number of guanidine groups is 1. The van der Waals surface area contributed by atoms with E-state index in [9.17, 15) is 0 Å². The van der Waals surface area contributed by atoms with Crippen LogP contribution in [0, 0.1) is 0 Å². The van der Waals surface area contributed by atoms with Crippen LogP contribution < -0.4 is 11.5 Å². The highest BCUT2D eigenvalue weighted by molar-refractivity contribution is 7.98. The summed E-state index contributed by atoms with van der Waals surface area (Å²) < 4.78 is 3.81. The summed E-state index contributed by atoms with van der Waals surface area (Å²) in [6.07, 6.45) is 5.06. The zero-order chi connectivity index (χ0) is 8.53. The van der Waals surface area contributed by atoms with Crippen molar-refractivity contribution in [3.05, 3.63) is 0 Å². The average molecular weight is 175 g/mol. The van der Waals surface area contributed by atoms with Crippen molar-refractivity contribution in [1.29, 1.82) is 0 Å². The van der Waals surface area contributed by atoms with Gasteiger partial charge >= 0.3 is 0 Å². The molecule has 0 aliphatic heterocycles.